The summed E-state index contributed by atoms with van der Waals surface area (Å²) < 4.78 is 6.07. The van der Waals surface area contributed by atoms with E-state index in [2.05, 4.69) is 5.32 Å². The van der Waals surface area contributed by atoms with Crippen molar-refractivity contribution < 1.29 is 14.9 Å². The van der Waals surface area contributed by atoms with E-state index in [1.54, 1.807) is 18.2 Å². The van der Waals surface area contributed by atoms with Gasteiger partial charge in [0.25, 0.3) is 0 Å². The van der Waals surface area contributed by atoms with Gasteiger partial charge in [0.2, 0.25) is 0 Å². The number of benzene rings is 2. The van der Waals surface area contributed by atoms with Gasteiger partial charge in [-0.3, -0.25) is 0 Å². The number of aromatic hydroxyl groups is 1. The van der Waals surface area contributed by atoms with Gasteiger partial charge in [0.15, 0.2) is 0 Å². The molecule has 1 aliphatic heterocycles. The highest BCUT2D eigenvalue weighted by Crippen LogP contribution is 2.41. The van der Waals surface area contributed by atoms with E-state index >= 15 is 0 Å². The number of ether oxygens (including phenoxy) is 1. The minimum absolute atomic E-state index is 0.115. The van der Waals surface area contributed by atoms with Crippen LogP contribution in [0.15, 0.2) is 66.5 Å². The van der Waals surface area contributed by atoms with Crippen molar-refractivity contribution in [1.29, 1.82) is 0 Å². The molecule has 4 nitrogen and oxygen atoms in total. The number of aliphatic hydroxyl groups excluding tert-OH is 1. The predicted molar refractivity (Wildman–Crippen MR) is 94.4 cm³/mol. The smallest absolute Gasteiger partial charge is 0.150 e. The number of phenolic OH excluding ortho intramolecular Hbond substituents is 1. The number of allylic oxidation sites excluding steroid dienone is 2. The van der Waals surface area contributed by atoms with Crippen LogP contribution in [0.4, 0.5) is 5.69 Å². The van der Waals surface area contributed by atoms with Gasteiger partial charge in [0.05, 0.1) is 11.7 Å². The lowest BCUT2D eigenvalue weighted by atomic mass is 9.91. The summed E-state index contributed by atoms with van der Waals surface area (Å²) in [5.41, 5.74) is 2.82. The number of anilines is 1. The summed E-state index contributed by atoms with van der Waals surface area (Å²) in [5.74, 6) is 1.56. The Morgan fingerprint density at radius 1 is 1.08 bits per heavy atom. The molecule has 2 aliphatic rings. The summed E-state index contributed by atoms with van der Waals surface area (Å²) in [6.45, 7) is 0.533. The van der Waals surface area contributed by atoms with Crippen LogP contribution in [-0.2, 0) is 0 Å². The lowest BCUT2D eigenvalue weighted by Gasteiger charge is -2.33. The van der Waals surface area contributed by atoms with E-state index in [4.69, 9.17) is 4.74 Å². The molecule has 122 valence electrons. The second kappa shape index (κ2) is 5.96. The van der Waals surface area contributed by atoms with Crippen LogP contribution < -0.4 is 10.1 Å². The van der Waals surface area contributed by atoms with Gasteiger partial charge in [-0.2, -0.15) is 0 Å². The number of aliphatic hydroxyl groups is 1. The first-order valence-corrected chi connectivity index (χ1v) is 8.10. The highest BCUT2D eigenvalue weighted by atomic mass is 16.5. The molecule has 2 atom stereocenters. The summed E-state index contributed by atoms with van der Waals surface area (Å²) in [5, 5.41) is 23.0. The maximum atomic E-state index is 9.72. The molecule has 0 saturated heterocycles. The molecule has 0 aromatic heterocycles. The number of hydrogen-bond acceptors (Lipinski definition) is 4. The van der Waals surface area contributed by atoms with Gasteiger partial charge in [0, 0.05) is 11.5 Å². The largest absolute Gasteiger partial charge is 0.508 e. The van der Waals surface area contributed by atoms with Crippen LogP contribution in [0.1, 0.15) is 6.42 Å². The Morgan fingerprint density at radius 2 is 1.96 bits per heavy atom. The number of nitrogens with one attached hydrogen (secondary N) is 1. The van der Waals surface area contributed by atoms with Gasteiger partial charge in [-0.25, -0.2) is 0 Å². The van der Waals surface area contributed by atoms with E-state index in [1.165, 1.54) is 0 Å². The molecule has 1 unspecified atom stereocenters. The van der Waals surface area contributed by atoms with E-state index < -0.39 is 0 Å². The van der Waals surface area contributed by atoms with Gasteiger partial charge < -0.3 is 20.3 Å². The summed E-state index contributed by atoms with van der Waals surface area (Å²) in [6, 6.07) is 13.2. The average molecular weight is 321 g/mol. The molecule has 0 saturated carbocycles. The molecule has 0 spiro atoms. The van der Waals surface area contributed by atoms with Crippen molar-refractivity contribution >= 4 is 5.69 Å². The molecule has 3 N–H and O–H groups in total. The molecule has 0 fully saturated rings. The third kappa shape index (κ3) is 2.71. The molecular formula is C20H19NO3. The number of phenols is 1. The summed E-state index contributed by atoms with van der Waals surface area (Å²) >= 11 is 0. The Balaban J connectivity index is 1.64. The quantitative estimate of drug-likeness (QED) is 0.774. The van der Waals surface area contributed by atoms with Crippen LogP contribution in [0.2, 0.25) is 0 Å². The average Bonchev–Trinajstić information content (AvgIpc) is 2.61. The van der Waals surface area contributed by atoms with Crippen molar-refractivity contribution in [2.24, 2.45) is 5.92 Å². The summed E-state index contributed by atoms with van der Waals surface area (Å²) in [7, 11) is 0. The normalized spacial score (nSPS) is 22.1. The van der Waals surface area contributed by atoms with Crippen molar-refractivity contribution in [2.45, 2.75) is 12.5 Å². The molecule has 2 aromatic carbocycles. The van der Waals surface area contributed by atoms with Gasteiger partial charge in [-0.05, 0) is 42.3 Å². The Labute approximate surface area is 140 Å². The number of para-hydroxylation sites is 1. The third-order valence-corrected chi connectivity index (χ3v) is 4.52. The monoisotopic (exact) mass is 321 g/mol. The molecule has 0 bridgehead atoms. The fraction of sp³-hybridized carbons (Fsp3) is 0.200. The molecule has 1 aliphatic carbocycles. The Bertz CT molecular complexity index is 825. The first-order chi connectivity index (χ1) is 11.7. The van der Waals surface area contributed by atoms with Crippen LogP contribution in [0.5, 0.6) is 11.5 Å². The Morgan fingerprint density at radius 3 is 2.79 bits per heavy atom. The fourth-order valence-electron chi connectivity index (χ4n) is 3.32. The SMILES string of the molecule is OC1=CC([C@H]2COc3c(cccc3-c3cccc(O)c3)N2)CC=C1. The highest BCUT2D eigenvalue weighted by molar-refractivity contribution is 5.79. The van der Waals surface area contributed by atoms with Crippen molar-refractivity contribution in [3.8, 4) is 22.6 Å². The van der Waals surface area contributed by atoms with E-state index in [0.29, 0.717) is 12.4 Å². The maximum absolute atomic E-state index is 9.72. The molecule has 0 amide bonds. The van der Waals surface area contributed by atoms with Gasteiger partial charge in [0.1, 0.15) is 23.9 Å². The first-order valence-electron chi connectivity index (χ1n) is 8.10. The van der Waals surface area contributed by atoms with Crippen LogP contribution in [0.3, 0.4) is 0 Å². The molecule has 24 heavy (non-hydrogen) atoms. The van der Waals surface area contributed by atoms with Crippen LogP contribution in [-0.4, -0.2) is 22.9 Å². The van der Waals surface area contributed by atoms with Crippen molar-refractivity contribution in [1.82, 2.24) is 0 Å². The maximum Gasteiger partial charge on any atom is 0.150 e. The Kier molecular flexibility index (Phi) is 3.65. The number of fused-ring (bicyclic) bond motifs is 1. The fourth-order valence-corrected chi connectivity index (χ4v) is 3.32. The molecule has 0 radical (unpaired) electrons. The van der Waals surface area contributed by atoms with Crippen molar-refractivity contribution in [3.63, 3.8) is 0 Å². The molecular weight excluding hydrogens is 302 g/mol. The topological polar surface area (TPSA) is 61.7 Å². The number of hydrogen-bond donors (Lipinski definition) is 3. The van der Waals surface area contributed by atoms with E-state index in [9.17, 15) is 10.2 Å². The summed E-state index contributed by atoms with van der Waals surface area (Å²) in [6.07, 6.45) is 6.48. The van der Waals surface area contributed by atoms with Crippen LogP contribution in [0, 0.1) is 5.92 Å². The first kappa shape index (κ1) is 14.7. The minimum Gasteiger partial charge on any atom is -0.508 e. The zero-order valence-corrected chi connectivity index (χ0v) is 13.1. The standard InChI is InChI=1S/C20H19NO3/c22-15-6-1-4-13(10-15)17-8-3-9-18-20(17)24-12-19(21-18)14-5-2-7-16(23)11-14/h1-4,6-11,14,19,21-23H,5,12H2/t14?,19-/m1/s1. The lowest BCUT2D eigenvalue weighted by Crippen LogP contribution is -2.37. The Hall–Kier alpha value is -2.88. The molecule has 1 heterocycles. The molecule has 2 aromatic rings. The van der Waals surface area contributed by atoms with Gasteiger partial charge in [-0.1, -0.05) is 30.3 Å². The molecule has 4 heteroatoms. The zero-order chi connectivity index (χ0) is 16.5. The summed E-state index contributed by atoms with van der Waals surface area (Å²) in [4.78, 5) is 0. The van der Waals surface area contributed by atoms with Gasteiger partial charge >= 0.3 is 0 Å². The predicted octanol–water partition coefficient (Wildman–Crippen LogP) is 4.25. The third-order valence-electron chi connectivity index (χ3n) is 4.52. The van der Waals surface area contributed by atoms with E-state index in [-0.39, 0.29) is 17.7 Å². The number of rotatable bonds is 2. The second-order valence-corrected chi connectivity index (χ2v) is 6.19. The lowest BCUT2D eigenvalue weighted by molar-refractivity contribution is 0.258. The van der Waals surface area contributed by atoms with Crippen LogP contribution in [0.25, 0.3) is 11.1 Å². The van der Waals surface area contributed by atoms with E-state index in [1.807, 2.05) is 42.5 Å². The second-order valence-electron chi connectivity index (χ2n) is 6.19. The van der Waals surface area contributed by atoms with Crippen molar-refractivity contribution in [3.05, 3.63) is 66.5 Å². The van der Waals surface area contributed by atoms with Crippen LogP contribution >= 0.6 is 0 Å². The molecule has 4 rings (SSSR count). The van der Waals surface area contributed by atoms with E-state index in [0.717, 1.165) is 29.0 Å². The highest BCUT2D eigenvalue weighted by Gasteiger charge is 2.27. The van der Waals surface area contributed by atoms with Crippen molar-refractivity contribution in [2.75, 3.05) is 11.9 Å². The van der Waals surface area contributed by atoms with Gasteiger partial charge in [-0.15, -0.1) is 0 Å². The minimum atomic E-state index is 0.115. The zero-order valence-electron chi connectivity index (χ0n) is 13.1.